The highest BCUT2D eigenvalue weighted by molar-refractivity contribution is 5.76. The molecule has 0 spiro atoms. The predicted octanol–water partition coefficient (Wildman–Crippen LogP) is 24.9. The fourth-order valence-corrected chi connectivity index (χ4v) is 12.2. The van der Waals surface area contributed by atoms with Crippen molar-refractivity contribution in [3.05, 3.63) is 24.3 Å². The maximum Gasteiger partial charge on any atom is 0.305 e. The van der Waals surface area contributed by atoms with Crippen LogP contribution in [0.25, 0.3) is 0 Å². The van der Waals surface area contributed by atoms with E-state index in [4.69, 9.17) is 4.74 Å². The Labute approximate surface area is 520 Å². The molecule has 0 bridgehead atoms. The molecule has 0 radical (unpaired) electrons. The summed E-state index contributed by atoms with van der Waals surface area (Å²) in [5.41, 5.74) is 0. The summed E-state index contributed by atoms with van der Waals surface area (Å²) in [6, 6.07) is -0.546. The highest BCUT2D eigenvalue weighted by atomic mass is 16.5. The number of amides is 1. The number of rotatable bonds is 72. The molecule has 6 nitrogen and oxygen atoms in total. The number of carbonyl (C=O) groups excluding carboxylic acids is 2. The zero-order chi connectivity index (χ0) is 59.9. The fraction of sp³-hybridized carbons (Fsp3) is 0.922. The molecule has 0 aliphatic heterocycles. The summed E-state index contributed by atoms with van der Waals surface area (Å²) >= 11 is 0. The van der Waals surface area contributed by atoms with Crippen LogP contribution < -0.4 is 5.32 Å². The van der Waals surface area contributed by atoms with Crippen molar-refractivity contribution < 1.29 is 24.5 Å². The average molecular weight is 1170 g/mol. The zero-order valence-electron chi connectivity index (χ0n) is 56.5. The topological polar surface area (TPSA) is 95.9 Å². The molecule has 0 aromatic carbocycles. The normalized spacial score (nSPS) is 12.6. The first-order chi connectivity index (χ1) is 41.0. The molecule has 0 saturated heterocycles. The van der Waals surface area contributed by atoms with Crippen molar-refractivity contribution >= 4 is 11.9 Å². The summed E-state index contributed by atoms with van der Waals surface area (Å²) in [5.74, 6) is -0.0211. The molecule has 6 heteroatoms. The van der Waals surface area contributed by atoms with E-state index in [1.165, 1.54) is 353 Å². The van der Waals surface area contributed by atoms with E-state index in [1.54, 1.807) is 0 Å². The van der Waals surface area contributed by atoms with Gasteiger partial charge in [0.2, 0.25) is 5.91 Å². The molecule has 0 aliphatic carbocycles. The molecule has 1 amide bonds. The number of nitrogens with one attached hydrogen (secondary N) is 1. The number of carbonyl (C=O) groups is 2. The lowest BCUT2D eigenvalue weighted by atomic mass is 10.0. The standard InChI is InChI=1S/C77H149NO5/c1-3-5-7-9-11-13-15-17-19-21-23-24-27-30-34-37-41-45-49-53-57-61-65-69-75(80)74(73-79)78-76(81)70-66-62-58-54-50-46-42-38-35-31-28-25-26-29-32-36-40-44-48-52-56-60-64-68-72-83-77(82)71-67-63-59-55-51-47-43-39-33-22-20-18-16-14-12-10-8-6-4-2/h18,20,28,31,74-75,79-80H,3-17,19,21-27,29-30,32-73H2,1-2H3,(H,78,81)/b20-18-,31-28-. The minimum Gasteiger partial charge on any atom is -0.466 e. The molecule has 0 aromatic rings. The second-order valence-corrected chi connectivity index (χ2v) is 26.3. The molecule has 0 aromatic heterocycles. The average Bonchev–Trinajstić information content (AvgIpc) is 3.49. The van der Waals surface area contributed by atoms with Gasteiger partial charge in [0.05, 0.1) is 25.4 Å². The summed E-state index contributed by atoms with van der Waals surface area (Å²) in [6.45, 7) is 4.99. The van der Waals surface area contributed by atoms with Gasteiger partial charge in [-0.2, -0.15) is 0 Å². The zero-order valence-corrected chi connectivity index (χ0v) is 56.5. The lowest BCUT2D eigenvalue weighted by Gasteiger charge is -2.22. The molecule has 2 unspecified atom stereocenters. The first-order valence-electron chi connectivity index (χ1n) is 38.1. The maximum atomic E-state index is 12.6. The Morgan fingerprint density at radius 3 is 0.855 bits per heavy atom. The Morgan fingerprint density at radius 2 is 0.566 bits per heavy atom. The first kappa shape index (κ1) is 81.3. The molecule has 492 valence electrons. The van der Waals surface area contributed by atoms with Crippen LogP contribution in [0.15, 0.2) is 24.3 Å². The van der Waals surface area contributed by atoms with E-state index in [9.17, 15) is 19.8 Å². The quantitative estimate of drug-likeness (QED) is 0.0320. The van der Waals surface area contributed by atoms with Gasteiger partial charge in [0, 0.05) is 12.8 Å². The summed E-state index contributed by atoms with van der Waals surface area (Å²) in [6.07, 6.45) is 92.4. The van der Waals surface area contributed by atoms with Gasteiger partial charge in [-0.1, -0.05) is 366 Å². The Balaban J connectivity index is 3.39. The molecule has 0 aliphatic rings. The van der Waals surface area contributed by atoms with Crippen LogP contribution in [0.4, 0.5) is 0 Å². The number of hydrogen-bond acceptors (Lipinski definition) is 5. The smallest absolute Gasteiger partial charge is 0.305 e. The molecule has 83 heavy (non-hydrogen) atoms. The van der Waals surface area contributed by atoms with Gasteiger partial charge in [-0.15, -0.1) is 0 Å². The largest absolute Gasteiger partial charge is 0.466 e. The Bertz CT molecular complexity index is 1300. The number of aliphatic hydroxyl groups excluding tert-OH is 2. The molecule has 3 N–H and O–H groups in total. The monoisotopic (exact) mass is 1170 g/mol. The van der Waals surface area contributed by atoms with E-state index < -0.39 is 12.1 Å². The van der Waals surface area contributed by atoms with E-state index in [-0.39, 0.29) is 18.5 Å². The number of hydrogen-bond donors (Lipinski definition) is 3. The SMILES string of the molecule is CCCCCCCC/C=C\CCCCCCCCCCCC(=O)OCCCCCCCCCCCCCC/C=C\CCCCCCCCCCC(=O)NC(CO)C(O)CCCCCCCCCCCCCCCCCCCCCCCCC. The lowest BCUT2D eigenvalue weighted by molar-refractivity contribution is -0.143. The maximum absolute atomic E-state index is 12.6. The third-order valence-electron chi connectivity index (χ3n) is 18.0. The van der Waals surface area contributed by atoms with Crippen LogP contribution in [0, 0.1) is 0 Å². The van der Waals surface area contributed by atoms with E-state index >= 15 is 0 Å². The number of ether oxygens (including phenoxy) is 1. The van der Waals surface area contributed by atoms with Gasteiger partial charge in [0.25, 0.3) is 0 Å². The predicted molar refractivity (Wildman–Crippen MR) is 366 cm³/mol. The van der Waals surface area contributed by atoms with Crippen molar-refractivity contribution in [2.45, 2.75) is 443 Å². The van der Waals surface area contributed by atoms with Gasteiger partial charge in [0.15, 0.2) is 0 Å². The Morgan fingerprint density at radius 1 is 0.325 bits per heavy atom. The van der Waals surface area contributed by atoms with Gasteiger partial charge in [-0.25, -0.2) is 0 Å². The molecule has 2 atom stereocenters. The van der Waals surface area contributed by atoms with Gasteiger partial charge < -0.3 is 20.3 Å². The van der Waals surface area contributed by atoms with Crippen LogP contribution in [-0.2, 0) is 14.3 Å². The molecule has 0 heterocycles. The third kappa shape index (κ3) is 69.3. The summed E-state index contributed by atoms with van der Waals surface area (Å²) < 4.78 is 5.51. The molecule has 0 rings (SSSR count). The molecular formula is C77H149NO5. The van der Waals surface area contributed by atoms with Gasteiger partial charge in [0.1, 0.15) is 0 Å². The summed E-state index contributed by atoms with van der Waals surface area (Å²) in [4.78, 5) is 24.7. The van der Waals surface area contributed by atoms with E-state index in [2.05, 4.69) is 43.5 Å². The van der Waals surface area contributed by atoms with Crippen LogP contribution >= 0.6 is 0 Å². The Kier molecular flexibility index (Phi) is 71.4. The number of esters is 1. The molecule has 0 fully saturated rings. The second kappa shape index (κ2) is 72.8. The molecular weight excluding hydrogens is 1020 g/mol. The van der Waals surface area contributed by atoms with Crippen molar-refractivity contribution in [1.82, 2.24) is 5.32 Å². The van der Waals surface area contributed by atoms with E-state index in [1.807, 2.05) is 0 Å². The van der Waals surface area contributed by atoms with Crippen LogP contribution in [-0.4, -0.2) is 47.4 Å². The van der Waals surface area contributed by atoms with Crippen LogP contribution in [0.2, 0.25) is 0 Å². The van der Waals surface area contributed by atoms with Crippen LogP contribution in [0.5, 0.6) is 0 Å². The number of aliphatic hydroxyl groups is 2. The van der Waals surface area contributed by atoms with Gasteiger partial charge in [-0.3, -0.25) is 9.59 Å². The van der Waals surface area contributed by atoms with Crippen LogP contribution in [0.1, 0.15) is 431 Å². The van der Waals surface area contributed by atoms with Crippen molar-refractivity contribution in [2.75, 3.05) is 13.2 Å². The lowest BCUT2D eigenvalue weighted by Crippen LogP contribution is -2.45. The van der Waals surface area contributed by atoms with Gasteiger partial charge >= 0.3 is 5.97 Å². The second-order valence-electron chi connectivity index (χ2n) is 26.3. The highest BCUT2D eigenvalue weighted by Gasteiger charge is 2.20. The van der Waals surface area contributed by atoms with E-state index in [0.717, 1.165) is 44.9 Å². The van der Waals surface area contributed by atoms with Crippen molar-refractivity contribution in [3.8, 4) is 0 Å². The minimum atomic E-state index is -0.669. The number of unbranched alkanes of at least 4 members (excludes halogenated alkanes) is 57. The summed E-state index contributed by atoms with van der Waals surface area (Å²) in [7, 11) is 0. The third-order valence-corrected chi connectivity index (χ3v) is 18.0. The summed E-state index contributed by atoms with van der Waals surface area (Å²) in [5, 5.41) is 23.5. The van der Waals surface area contributed by atoms with Gasteiger partial charge in [-0.05, 0) is 77.0 Å². The molecule has 0 saturated carbocycles. The number of allylic oxidation sites excluding steroid dienone is 4. The van der Waals surface area contributed by atoms with E-state index in [0.29, 0.717) is 25.9 Å². The van der Waals surface area contributed by atoms with Crippen molar-refractivity contribution in [1.29, 1.82) is 0 Å². The highest BCUT2D eigenvalue weighted by Crippen LogP contribution is 2.19. The fourth-order valence-electron chi connectivity index (χ4n) is 12.2. The Hall–Kier alpha value is -1.66. The minimum absolute atomic E-state index is 0.0133. The van der Waals surface area contributed by atoms with Crippen molar-refractivity contribution in [3.63, 3.8) is 0 Å². The first-order valence-corrected chi connectivity index (χ1v) is 38.1. The van der Waals surface area contributed by atoms with Crippen molar-refractivity contribution in [2.24, 2.45) is 0 Å². The van der Waals surface area contributed by atoms with Crippen LogP contribution in [0.3, 0.4) is 0 Å².